The first kappa shape index (κ1) is 16.4. The van der Waals surface area contributed by atoms with Crippen molar-refractivity contribution in [3.8, 4) is 11.5 Å². The molecule has 24 heavy (non-hydrogen) atoms. The second kappa shape index (κ2) is 7.86. The van der Waals surface area contributed by atoms with E-state index in [4.69, 9.17) is 9.47 Å². The van der Waals surface area contributed by atoms with Crippen LogP contribution in [0.4, 0.5) is 5.69 Å². The summed E-state index contributed by atoms with van der Waals surface area (Å²) >= 11 is 0. The summed E-state index contributed by atoms with van der Waals surface area (Å²) in [5.41, 5.74) is 3.50. The molecule has 126 valence electrons. The number of carbonyl (C=O) groups excluding carboxylic acids is 1. The molecule has 0 fully saturated rings. The fourth-order valence-electron chi connectivity index (χ4n) is 2.95. The summed E-state index contributed by atoms with van der Waals surface area (Å²) in [4.78, 5) is 12.0. The van der Waals surface area contributed by atoms with Gasteiger partial charge in [-0.25, -0.2) is 0 Å². The molecule has 0 aromatic heterocycles. The van der Waals surface area contributed by atoms with E-state index in [9.17, 15) is 4.79 Å². The average Bonchev–Trinajstić information content (AvgIpc) is 2.62. The molecule has 1 aliphatic rings. The number of nitrogens with one attached hydrogen (secondary N) is 1. The highest BCUT2D eigenvalue weighted by molar-refractivity contribution is 5.91. The normalized spacial score (nSPS) is 13.0. The second-order valence-corrected chi connectivity index (χ2v) is 5.93. The maximum atomic E-state index is 12.0. The summed E-state index contributed by atoms with van der Waals surface area (Å²) < 4.78 is 11.0. The monoisotopic (exact) mass is 325 g/mol. The van der Waals surface area contributed by atoms with E-state index >= 15 is 0 Å². The van der Waals surface area contributed by atoms with Crippen molar-refractivity contribution in [2.24, 2.45) is 0 Å². The van der Waals surface area contributed by atoms with Gasteiger partial charge in [-0.05, 0) is 80.1 Å². The molecule has 1 amide bonds. The highest BCUT2D eigenvalue weighted by Gasteiger charge is 2.11. The van der Waals surface area contributed by atoms with Crippen LogP contribution in [-0.4, -0.2) is 19.1 Å². The van der Waals surface area contributed by atoms with Crippen LogP contribution in [0.1, 0.15) is 30.9 Å². The van der Waals surface area contributed by atoms with Crippen LogP contribution in [0.5, 0.6) is 11.5 Å². The number of hydrogen-bond donors (Lipinski definition) is 1. The van der Waals surface area contributed by atoms with Crippen LogP contribution in [-0.2, 0) is 17.6 Å². The number of benzene rings is 2. The van der Waals surface area contributed by atoms with E-state index in [0.717, 1.165) is 30.0 Å². The average molecular weight is 325 g/mol. The number of hydrogen-bond acceptors (Lipinski definition) is 3. The van der Waals surface area contributed by atoms with Crippen LogP contribution in [0.2, 0.25) is 0 Å². The Morgan fingerprint density at radius 2 is 1.67 bits per heavy atom. The van der Waals surface area contributed by atoms with E-state index in [0.29, 0.717) is 6.61 Å². The van der Waals surface area contributed by atoms with E-state index in [1.807, 2.05) is 37.3 Å². The molecule has 0 radical (unpaired) electrons. The van der Waals surface area contributed by atoms with Crippen molar-refractivity contribution in [3.05, 3.63) is 53.6 Å². The minimum Gasteiger partial charge on any atom is -0.494 e. The zero-order valence-corrected chi connectivity index (χ0v) is 14.0. The van der Waals surface area contributed by atoms with Crippen molar-refractivity contribution in [3.63, 3.8) is 0 Å². The Morgan fingerprint density at radius 3 is 2.42 bits per heavy atom. The molecule has 0 spiro atoms. The zero-order chi connectivity index (χ0) is 16.8. The summed E-state index contributed by atoms with van der Waals surface area (Å²) in [6.07, 6.45) is 4.74. The molecule has 3 rings (SSSR count). The number of aryl methyl sites for hydroxylation is 2. The van der Waals surface area contributed by atoms with Crippen LogP contribution in [0.25, 0.3) is 0 Å². The van der Waals surface area contributed by atoms with Gasteiger partial charge in [0, 0.05) is 5.69 Å². The van der Waals surface area contributed by atoms with Crippen LogP contribution in [0, 0.1) is 0 Å². The van der Waals surface area contributed by atoms with Crippen molar-refractivity contribution in [2.75, 3.05) is 18.5 Å². The third kappa shape index (κ3) is 4.28. The lowest BCUT2D eigenvalue weighted by Crippen LogP contribution is -2.20. The molecule has 0 saturated carbocycles. The number of carbonyl (C=O) groups is 1. The molecule has 1 N–H and O–H groups in total. The molecular weight excluding hydrogens is 302 g/mol. The zero-order valence-electron chi connectivity index (χ0n) is 14.0. The van der Waals surface area contributed by atoms with Gasteiger partial charge in [0.15, 0.2) is 6.61 Å². The summed E-state index contributed by atoms with van der Waals surface area (Å²) in [5.74, 6) is 1.38. The van der Waals surface area contributed by atoms with Gasteiger partial charge in [0.1, 0.15) is 11.5 Å². The molecule has 2 aromatic carbocycles. The SMILES string of the molecule is CCOc1ccc(NC(=O)COc2ccc3c(c2)CCCC3)cc1. The van der Waals surface area contributed by atoms with Crippen LogP contribution in [0.3, 0.4) is 0 Å². The van der Waals surface area contributed by atoms with Crippen molar-refractivity contribution in [1.29, 1.82) is 0 Å². The van der Waals surface area contributed by atoms with Gasteiger partial charge in [-0.1, -0.05) is 6.07 Å². The molecule has 0 heterocycles. The first-order valence-corrected chi connectivity index (χ1v) is 8.52. The Kier molecular flexibility index (Phi) is 5.36. The van der Waals surface area contributed by atoms with Gasteiger partial charge in [0.25, 0.3) is 5.91 Å². The van der Waals surface area contributed by atoms with Crippen molar-refractivity contribution in [2.45, 2.75) is 32.6 Å². The molecule has 0 atom stereocenters. The quantitative estimate of drug-likeness (QED) is 0.874. The van der Waals surface area contributed by atoms with Gasteiger partial charge in [0.05, 0.1) is 6.61 Å². The second-order valence-electron chi connectivity index (χ2n) is 5.93. The minimum atomic E-state index is -0.170. The van der Waals surface area contributed by atoms with E-state index in [1.165, 1.54) is 24.0 Å². The van der Waals surface area contributed by atoms with Gasteiger partial charge in [0.2, 0.25) is 0 Å². The highest BCUT2D eigenvalue weighted by Crippen LogP contribution is 2.25. The Labute approximate surface area is 142 Å². The van der Waals surface area contributed by atoms with Gasteiger partial charge in [-0.3, -0.25) is 4.79 Å². The van der Waals surface area contributed by atoms with Crippen LogP contribution in [0.15, 0.2) is 42.5 Å². The van der Waals surface area contributed by atoms with Crippen LogP contribution >= 0.6 is 0 Å². The van der Waals surface area contributed by atoms with Gasteiger partial charge < -0.3 is 14.8 Å². The number of rotatable bonds is 6. The first-order valence-electron chi connectivity index (χ1n) is 8.52. The lowest BCUT2D eigenvalue weighted by Gasteiger charge is -2.16. The highest BCUT2D eigenvalue weighted by atomic mass is 16.5. The fourth-order valence-corrected chi connectivity index (χ4v) is 2.95. The number of amides is 1. The summed E-state index contributed by atoms with van der Waals surface area (Å²) in [7, 11) is 0. The molecule has 0 aliphatic heterocycles. The molecule has 0 saturated heterocycles. The topological polar surface area (TPSA) is 47.6 Å². The predicted octanol–water partition coefficient (Wildman–Crippen LogP) is 3.98. The minimum absolute atomic E-state index is 0.00595. The van der Waals surface area contributed by atoms with Gasteiger partial charge in [-0.2, -0.15) is 0 Å². The molecule has 2 aromatic rings. The largest absolute Gasteiger partial charge is 0.494 e. The lowest BCUT2D eigenvalue weighted by atomic mass is 9.92. The molecule has 4 heteroatoms. The first-order chi connectivity index (χ1) is 11.7. The number of ether oxygens (including phenoxy) is 2. The van der Waals surface area contributed by atoms with Crippen molar-refractivity contribution >= 4 is 11.6 Å². The molecule has 4 nitrogen and oxygen atoms in total. The summed E-state index contributed by atoms with van der Waals surface area (Å²) in [6, 6.07) is 13.5. The van der Waals surface area contributed by atoms with Gasteiger partial charge in [-0.15, -0.1) is 0 Å². The van der Waals surface area contributed by atoms with Crippen LogP contribution < -0.4 is 14.8 Å². The molecular formula is C20H23NO3. The van der Waals surface area contributed by atoms with Gasteiger partial charge >= 0.3 is 0 Å². The Morgan fingerprint density at radius 1 is 0.958 bits per heavy atom. The third-order valence-corrected chi connectivity index (χ3v) is 4.14. The van der Waals surface area contributed by atoms with E-state index in [-0.39, 0.29) is 12.5 Å². The van der Waals surface area contributed by atoms with E-state index in [2.05, 4.69) is 17.4 Å². The molecule has 0 unspecified atom stereocenters. The number of fused-ring (bicyclic) bond motifs is 1. The van der Waals surface area contributed by atoms with E-state index < -0.39 is 0 Å². The predicted molar refractivity (Wildman–Crippen MR) is 94.8 cm³/mol. The Bertz CT molecular complexity index is 695. The Hall–Kier alpha value is -2.49. The smallest absolute Gasteiger partial charge is 0.262 e. The lowest BCUT2D eigenvalue weighted by molar-refractivity contribution is -0.118. The Balaban J connectivity index is 1.52. The molecule has 1 aliphatic carbocycles. The van der Waals surface area contributed by atoms with Crippen molar-refractivity contribution < 1.29 is 14.3 Å². The third-order valence-electron chi connectivity index (χ3n) is 4.14. The fraction of sp³-hybridized carbons (Fsp3) is 0.350. The van der Waals surface area contributed by atoms with Crippen molar-refractivity contribution in [1.82, 2.24) is 0 Å². The summed E-state index contributed by atoms with van der Waals surface area (Å²) in [6.45, 7) is 2.57. The maximum absolute atomic E-state index is 12.0. The maximum Gasteiger partial charge on any atom is 0.262 e. The molecule has 0 bridgehead atoms. The number of anilines is 1. The standard InChI is InChI=1S/C20H23NO3/c1-2-23-18-11-8-17(9-12-18)21-20(22)14-24-19-10-7-15-5-3-4-6-16(15)13-19/h7-13H,2-6,14H2,1H3,(H,21,22). The summed E-state index contributed by atoms with van der Waals surface area (Å²) in [5, 5.41) is 2.82. The van der Waals surface area contributed by atoms with E-state index in [1.54, 1.807) is 0 Å².